The molecular formula is C13H20N2O. The van der Waals surface area contributed by atoms with Crippen LogP contribution in [0.1, 0.15) is 25.0 Å². The van der Waals surface area contributed by atoms with Gasteiger partial charge in [0.15, 0.2) is 0 Å². The molecule has 0 aromatic heterocycles. The lowest BCUT2D eigenvalue weighted by atomic mass is 9.78. The van der Waals surface area contributed by atoms with Gasteiger partial charge in [0.2, 0.25) is 0 Å². The summed E-state index contributed by atoms with van der Waals surface area (Å²) >= 11 is 0. The number of hydrogen-bond acceptors (Lipinski definition) is 3. The van der Waals surface area contributed by atoms with Crippen molar-refractivity contribution in [1.82, 2.24) is 4.90 Å². The Morgan fingerprint density at radius 3 is 2.69 bits per heavy atom. The van der Waals surface area contributed by atoms with Crippen molar-refractivity contribution in [1.29, 1.82) is 0 Å². The molecule has 0 atom stereocenters. The summed E-state index contributed by atoms with van der Waals surface area (Å²) in [6.07, 6.45) is 0. The zero-order valence-corrected chi connectivity index (χ0v) is 10.5. The standard InChI is InChI=1S/C13H20N2O/c1-13(2)8-15(3)7-9-5-11(14)12(16-4)6-10(9)13/h5-6H,7-8,14H2,1-4H3. The second kappa shape index (κ2) is 3.67. The number of hydrogen-bond donors (Lipinski definition) is 1. The van der Waals surface area contributed by atoms with Crippen LogP contribution in [0.3, 0.4) is 0 Å². The number of rotatable bonds is 1. The van der Waals surface area contributed by atoms with Gasteiger partial charge in [-0.1, -0.05) is 13.8 Å². The molecular weight excluding hydrogens is 200 g/mol. The third-order valence-corrected chi connectivity index (χ3v) is 3.29. The molecule has 0 saturated heterocycles. The molecule has 0 radical (unpaired) electrons. The van der Waals surface area contributed by atoms with E-state index in [1.54, 1.807) is 7.11 Å². The lowest BCUT2D eigenvalue weighted by Crippen LogP contribution is -2.39. The summed E-state index contributed by atoms with van der Waals surface area (Å²) < 4.78 is 5.29. The van der Waals surface area contributed by atoms with Crippen molar-refractivity contribution in [3.05, 3.63) is 23.3 Å². The quantitative estimate of drug-likeness (QED) is 0.736. The number of nitrogens with zero attached hydrogens (tertiary/aromatic N) is 1. The van der Waals surface area contributed by atoms with Crippen molar-refractivity contribution in [2.45, 2.75) is 25.8 Å². The average Bonchev–Trinajstić information content (AvgIpc) is 2.15. The van der Waals surface area contributed by atoms with Gasteiger partial charge in [-0.25, -0.2) is 0 Å². The summed E-state index contributed by atoms with van der Waals surface area (Å²) in [6.45, 7) is 6.55. The lowest BCUT2D eigenvalue weighted by molar-refractivity contribution is 0.235. The summed E-state index contributed by atoms with van der Waals surface area (Å²) in [5, 5.41) is 0. The SMILES string of the molecule is COc1cc2c(cc1N)CN(C)CC2(C)C. The molecule has 88 valence electrons. The van der Waals surface area contributed by atoms with Crippen LogP contribution in [0, 0.1) is 0 Å². The van der Waals surface area contributed by atoms with Crippen LogP contribution in [0.25, 0.3) is 0 Å². The molecule has 1 aromatic rings. The topological polar surface area (TPSA) is 38.5 Å². The first-order chi connectivity index (χ1) is 7.44. The fourth-order valence-corrected chi connectivity index (χ4v) is 2.69. The summed E-state index contributed by atoms with van der Waals surface area (Å²) in [4.78, 5) is 2.33. The van der Waals surface area contributed by atoms with E-state index in [1.165, 1.54) is 11.1 Å². The number of nitrogens with two attached hydrogens (primary N) is 1. The van der Waals surface area contributed by atoms with Crippen LogP contribution in [0.5, 0.6) is 5.75 Å². The molecule has 3 nitrogen and oxygen atoms in total. The first-order valence-electron chi connectivity index (χ1n) is 5.59. The van der Waals surface area contributed by atoms with Crippen LogP contribution in [-0.4, -0.2) is 25.6 Å². The highest BCUT2D eigenvalue weighted by Gasteiger charge is 2.30. The van der Waals surface area contributed by atoms with Crippen molar-refractivity contribution in [3.63, 3.8) is 0 Å². The minimum Gasteiger partial charge on any atom is -0.495 e. The van der Waals surface area contributed by atoms with E-state index >= 15 is 0 Å². The monoisotopic (exact) mass is 220 g/mol. The van der Waals surface area contributed by atoms with Crippen LogP contribution in [0.4, 0.5) is 5.69 Å². The third-order valence-electron chi connectivity index (χ3n) is 3.29. The average molecular weight is 220 g/mol. The van der Waals surface area contributed by atoms with Crippen LogP contribution in [0.2, 0.25) is 0 Å². The predicted octanol–water partition coefficient (Wildman–Crippen LogP) is 2.00. The lowest BCUT2D eigenvalue weighted by Gasteiger charge is -2.38. The number of methoxy groups -OCH3 is 1. The highest BCUT2D eigenvalue weighted by Crippen LogP contribution is 2.37. The molecule has 16 heavy (non-hydrogen) atoms. The zero-order chi connectivity index (χ0) is 11.9. The first-order valence-corrected chi connectivity index (χ1v) is 5.59. The van der Waals surface area contributed by atoms with Gasteiger partial charge in [0.25, 0.3) is 0 Å². The minimum atomic E-state index is 0.156. The van der Waals surface area contributed by atoms with Gasteiger partial charge < -0.3 is 15.4 Å². The van der Waals surface area contributed by atoms with Crippen LogP contribution < -0.4 is 10.5 Å². The molecule has 2 N–H and O–H groups in total. The fraction of sp³-hybridized carbons (Fsp3) is 0.538. The number of fused-ring (bicyclic) bond motifs is 1. The molecule has 0 unspecified atom stereocenters. The highest BCUT2D eigenvalue weighted by atomic mass is 16.5. The molecule has 0 amide bonds. The number of ether oxygens (including phenoxy) is 1. The summed E-state index contributed by atoms with van der Waals surface area (Å²) in [5.41, 5.74) is 9.51. The van der Waals surface area contributed by atoms with Crippen LogP contribution in [-0.2, 0) is 12.0 Å². The Hall–Kier alpha value is -1.22. The molecule has 1 aliphatic rings. The summed E-state index contributed by atoms with van der Waals surface area (Å²) in [7, 11) is 3.81. The van der Waals surface area contributed by atoms with Gasteiger partial charge in [-0.15, -0.1) is 0 Å². The number of likely N-dealkylation sites (N-methyl/N-ethyl adjacent to an activating group) is 1. The van der Waals surface area contributed by atoms with E-state index in [-0.39, 0.29) is 5.41 Å². The van der Waals surface area contributed by atoms with E-state index in [2.05, 4.69) is 31.9 Å². The van der Waals surface area contributed by atoms with Crippen LogP contribution in [0.15, 0.2) is 12.1 Å². The molecule has 3 heteroatoms. The van der Waals surface area contributed by atoms with Gasteiger partial charge >= 0.3 is 0 Å². The normalized spacial score (nSPS) is 19.2. The second-order valence-corrected chi connectivity index (χ2v) is 5.31. The van der Waals surface area contributed by atoms with Gasteiger partial charge in [0, 0.05) is 18.5 Å². The fourth-order valence-electron chi connectivity index (χ4n) is 2.69. The Labute approximate surface area is 97.2 Å². The van der Waals surface area contributed by atoms with Gasteiger partial charge in [-0.3, -0.25) is 0 Å². The van der Waals surface area contributed by atoms with E-state index in [4.69, 9.17) is 10.5 Å². The van der Waals surface area contributed by atoms with E-state index < -0.39 is 0 Å². The van der Waals surface area contributed by atoms with Gasteiger partial charge in [-0.05, 0) is 30.3 Å². The Morgan fingerprint density at radius 1 is 1.38 bits per heavy atom. The number of anilines is 1. The molecule has 0 bridgehead atoms. The third kappa shape index (κ3) is 1.76. The van der Waals surface area contributed by atoms with E-state index in [0.717, 1.165) is 24.5 Å². The van der Waals surface area contributed by atoms with E-state index in [9.17, 15) is 0 Å². The summed E-state index contributed by atoms with van der Waals surface area (Å²) in [5.74, 6) is 0.788. The second-order valence-electron chi connectivity index (χ2n) is 5.31. The molecule has 0 aliphatic carbocycles. The van der Waals surface area contributed by atoms with Crippen molar-refractivity contribution < 1.29 is 4.74 Å². The number of benzene rings is 1. The molecule has 2 rings (SSSR count). The summed E-state index contributed by atoms with van der Waals surface area (Å²) in [6, 6.07) is 4.14. The Bertz CT molecular complexity index is 413. The Morgan fingerprint density at radius 2 is 2.06 bits per heavy atom. The van der Waals surface area contributed by atoms with Crippen molar-refractivity contribution in [3.8, 4) is 5.75 Å². The predicted molar refractivity (Wildman–Crippen MR) is 66.8 cm³/mol. The molecule has 0 saturated carbocycles. The van der Waals surface area contributed by atoms with Gasteiger partial charge in [0.1, 0.15) is 5.75 Å². The van der Waals surface area contributed by atoms with Crippen molar-refractivity contribution in [2.24, 2.45) is 0 Å². The Balaban J connectivity index is 2.56. The molecule has 0 fully saturated rings. The highest BCUT2D eigenvalue weighted by molar-refractivity contribution is 5.58. The largest absolute Gasteiger partial charge is 0.495 e. The zero-order valence-electron chi connectivity index (χ0n) is 10.5. The smallest absolute Gasteiger partial charge is 0.142 e. The molecule has 1 aromatic carbocycles. The van der Waals surface area contributed by atoms with E-state index in [0.29, 0.717) is 0 Å². The molecule has 1 heterocycles. The molecule has 0 spiro atoms. The maximum atomic E-state index is 5.95. The maximum absolute atomic E-state index is 5.95. The Kier molecular flexibility index (Phi) is 2.58. The van der Waals surface area contributed by atoms with Crippen molar-refractivity contribution in [2.75, 3.05) is 26.4 Å². The van der Waals surface area contributed by atoms with Gasteiger partial charge in [0.05, 0.1) is 12.8 Å². The van der Waals surface area contributed by atoms with Crippen LogP contribution >= 0.6 is 0 Å². The van der Waals surface area contributed by atoms with E-state index in [1.807, 2.05) is 6.07 Å². The first kappa shape index (κ1) is 11.3. The minimum absolute atomic E-state index is 0.156. The van der Waals surface area contributed by atoms with Gasteiger partial charge in [-0.2, -0.15) is 0 Å². The maximum Gasteiger partial charge on any atom is 0.142 e. The molecule has 1 aliphatic heterocycles. The van der Waals surface area contributed by atoms with Crippen molar-refractivity contribution >= 4 is 5.69 Å². The number of nitrogen functional groups attached to an aromatic ring is 1.